The van der Waals surface area contributed by atoms with E-state index in [1.54, 1.807) is 0 Å². The van der Waals surface area contributed by atoms with E-state index in [0.29, 0.717) is 10.8 Å². The van der Waals surface area contributed by atoms with Crippen molar-refractivity contribution in [3.05, 3.63) is 0 Å². The lowest BCUT2D eigenvalue weighted by atomic mass is 10.0. The zero-order valence-electron chi connectivity index (χ0n) is 7.08. The highest BCUT2D eigenvalue weighted by Crippen LogP contribution is 2.69. The van der Waals surface area contributed by atoms with Gasteiger partial charge in [0.1, 0.15) is 0 Å². The quantitative estimate of drug-likeness (QED) is 0.527. The molecule has 0 atom stereocenters. The average Bonchev–Trinajstić information content (AvgIpc) is 1.84. The number of hydrogen-bond donors (Lipinski definition) is 1. The van der Waals surface area contributed by atoms with Gasteiger partial charge in [0.25, 0.3) is 0 Å². The normalized spacial score (nSPS) is 34.0. The van der Waals surface area contributed by atoms with Gasteiger partial charge in [0, 0.05) is 5.54 Å². The van der Waals surface area contributed by atoms with Crippen molar-refractivity contribution in [1.82, 2.24) is 0 Å². The molecule has 0 bridgehead atoms. The molecule has 2 N–H and O–H groups in total. The smallest absolute Gasteiger partial charge is 0.0240 e. The van der Waals surface area contributed by atoms with Crippen molar-refractivity contribution in [2.75, 3.05) is 0 Å². The van der Waals surface area contributed by atoms with Crippen LogP contribution in [0.3, 0.4) is 0 Å². The largest absolute Gasteiger partial charge is 0.324 e. The molecule has 0 aliphatic heterocycles. The molecule has 0 radical (unpaired) electrons. The van der Waals surface area contributed by atoms with Crippen LogP contribution in [-0.2, 0) is 0 Å². The Labute approximate surface area is 57.6 Å². The maximum atomic E-state index is 6.02. The van der Waals surface area contributed by atoms with Crippen LogP contribution in [0.1, 0.15) is 34.6 Å². The molecule has 1 heteroatoms. The Morgan fingerprint density at radius 3 is 0.889 bits per heavy atom. The highest BCUT2D eigenvalue weighted by Gasteiger charge is 2.72. The Hall–Kier alpha value is -0.0400. The van der Waals surface area contributed by atoms with Gasteiger partial charge in [-0.15, -0.1) is 0 Å². The van der Waals surface area contributed by atoms with E-state index in [1.165, 1.54) is 0 Å². The van der Waals surface area contributed by atoms with Gasteiger partial charge in [0.15, 0.2) is 0 Å². The fourth-order valence-corrected chi connectivity index (χ4v) is 1.64. The predicted octanol–water partition coefficient (Wildman–Crippen LogP) is 1.77. The standard InChI is InChI=1S/C8H17N/c1-6(2)7(3,4)8(6,5)9/h9H2,1-5H3. The molecule has 1 saturated carbocycles. The summed E-state index contributed by atoms with van der Waals surface area (Å²) in [6.45, 7) is 11.0. The van der Waals surface area contributed by atoms with Crippen molar-refractivity contribution >= 4 is 0 Å². The van der Waals surface area contributed by atoms with Gasteiger partial charge >= 0.3 is 0 Å². The van der Waals surface area contributed by atoms with Gasteiger partial charge in [-0.1, -0.05) is 27.7 Å². The minimum atomic E-state index is 0.0417. The lowest BCUT2D eigenvalue weighted by molar-refractivity contribution is 0.457. The van der Waals surface area contributed by atoms with Crippen LogP contribution < -0.4 is 5.73 Å². The van der Waals surface area contributed by atoms with Crippen LogP contribution in [0.25, 0.3) is 0 Å². The Bertz CT molecular complexity index is 102. The molecular weight excluding hydrogens is 110 g/mol. The van der Waals surface area contributed by atoms with E-state index >= 15 is 0 Å². The third kappa shape index (κ3) is 0.454. The fourth-order valence-electron chi connectivity index (χ4n) is 1.64. The third-order valence-corrected chi connectivity index (χ3v) is 4.10. The summed E-state index contributed by atoms with van der Waals surface area (Å²) in [5.41, 5.74) is 6.70. The zero-order valence-corrected chi connectivity index (χ0v) is 7.08. The second-order valence-electron chi connectivity index (χ2n) is 4.45. The van der Waals surface area contributed by atoms with Gasteiger partial charge in [-0.05, 0) is 17.8 Å². The Morgan fingerprint density at radius 1 is 0.778 bits per heavy atom. The molecule has 0 spiro atoms. The van der Waals surface area contributed by atoms with E-state index in [9.17, 15) is 0 Å². The van der Waals surface area contributed by atoms with Crippen LogP contribution in [0.5, 0.6) is 0 Å². The lowest BCUT2D eigenvalue weighted by Crippen LogP contribution is -2.25. The van der Waals surface area contributed by atoms with E-state index < -0.39 is 0 Å². The molecular formula is C8H17N. The van der Waals surface area contributed by atoms with Crippen molar-refractivity contribution in [1.29, 1.82) is 0 Å². The Balaban J connectivity index is 2.91. The van der Waals surface area contributed by atoms with Crippen LogP contribution in [0.15, 0.2) is 0 Å². The molecule has 1 rings (SSSR count). The van der Waals surface area contributed by atoms with Gasteiger partial charge in [-0.25, -0.2) is 0 Å². The molecule has 54 valence electrons. The minimum Gasteiger partial charge on any atom is -0.324 e. The molecule has 0 aromatic carbocycles. The van der Waals surface area contributed by atoms with Crippen LogP contribution >= 0.6 is 0 Å². The SMILES string of the molecule is CC1(C)C(C)(C)C1(C)N. The Morgan fingerprint density at radius 2 is 0.889 bits per heavy atom. The molecule has 0 aromatic heterocycles. The highest BCUT2D eigenvalue weighted by molar-refractivity contribution is 5.26. The lowest BCUT2D eigenvalue weighted by Gasteiger charge is -2.04. The van der Waals surface area contributed by atoms with E-state index in [4.69, 9.17) is 5.73 Å². The van der Waals surface area contributed by atoms with E-state index in [2.05, 4.69) is 34.6 Å². The topological polar surface area (TPSA) is 26.0 Å². The maximum absolute atomic E-state index is 6.02. The summed E-state index contributed by atoms with van der Waals surface area (Å²) < 4.78 is 0. The van der Waals surface area contributed by atoms with E-state index in [0.717, 1.165) is 0 Å². The van der Waals surface area contributed by atoms with Crippen LogP contribution in [0.4, 0.5) is 0 Å². The van der Waals surface area contributed by atoms with Gasteiger partial charge < -0.3 is 5.73 Å². The van der Waals surface area contributed by atoms with E-state index in [1.807, 2.05) is 0 Å². The summed E-state index contributed by atoms with van der Waals surface area (Å²) in [5.74, 6) is 0. The average molecular weight is 127 g/mol. The number of hydrogen-bond acceptors (Lipinski definition) is 1. The fraction of sp³-hybridized carbons (Fsp3) is 1.00. The van der Waals surface area contributed by atoms with Gasteiger partial charge in [0.05, 0.1) is 0 Å². The minimum absolute atomic E-state index is 0.0417. The summed E-state index contributed by atoms with van der Waals surface area (Å²) in [5, 5.41) is 0. The predicted molar refractivity (Wildman–Crippen MR) is 40.2 cm³/mol. The number of nitrogens with two attached hydrogens (primary N) is 1. The van der Waals surface area contributed by atoms with Gasteiger partial charge in [0.2, 0.25) is 0 Å². The molecule has 1 aliphatic carbocycles. The summed E-state index contributed by atoms with van der Waals surface area (Å²) in [6, 6.07) is 0. The third-order valence-electron chi connectivity index (χ3n) is 4.10. The molecule has 1 aliphatic rings. The first-order chi connectivity index (χ1) is 3.75. The number of rotatable bonds is 0. The maximum Gasteiger partial charge on any atom is 0.0240 e. The molecule has 0 heterocycles. The van der Waals surface area contributed by atoms with Gasteiger partial charge in [-0.3, -0.25) is 0 Å². The molecule has 1 fully saturated rings. The molecule has 1 nitrogen and oxygen atoms in total. The van der Waals surface area contributed by atoms with Gasteiger partial charge in [-0.2, -0.15) is 0 Å². The van der Waals surface area contributed by atoms with Crippen molar-refractivity contribution in [3.8, 4) is 0 Å². The first-order valence-electron chi connectivity index (χ1n) is 3.54. The Kier molecular flexibility index (Phi) is 0.939. The summed E-state index contributed by atoms with van der Waals surface area (Å²) >= 11 is 0. The first kappa shape index (κ1) is 7.07. The molecule has 0 aromatic rings. The summed E-state index contributed by atoms with van der Waals surface area (Å²) in [7, 11) is 0. The van der Waals surface area contributed by atoms with Crippen molar-refractivity contribution in [2.45, 2.75) is 40.2 Å². The van der Waals surface area contributed by atoms with Crippen molar-refractivity contribution < 1.29 is 0 Å². The second-order valence-corrected chi connectivity index (χ2v) is 4.45. The summed E-state index contributed by atoms with van der Waals surface area (Å²) in [4.78, 5) is 0. The zero-order chi connectivity index (χ0) is 7.50. The van der Waals surface area contributed by atoms with Crippen LogP contribution in [-0.4, -0.2) is 5.54 Å². The first-order valence-corrected chi connectivity index (χ1v) is 3.54. The van der Waals surface area contributed by atoms with E-state index in [-0.39, 0.29) is 5.54 Å². The molecule has 0 amide bonds. The molecule has 0 unspecified atom stereocenters. The van der Waals surface area contributed by atoms with Crippen LogP contribution in [0.2, 0.25) is 0 Å². The molecule has 9 heavy (non-hydrogen) atoms. The van der Waals surface area contributed by atoms with Crippen molar-refractivity contribution in [3.63, 3.8) is 0 Å². The second kappa shape index (κ2) is 1.20. The van der Waals surface area contributed by atoms with Crippen molar-refractivity contribution in [2.24, 2.45) is 16.6 Å². The molecule has 0 saturated heterocycles. The summed E-state index contributed by atoms with van der Waals surface area (Å²) in [6.07, 6.45) is 0. The van der Waals surface area contributed by atoms with Crippen LogP contribution in [0, 0.1) is 10.8 Å². The highest BCUT2D eigenvalue weighted by atomic mass is 15.0. The monoisotopic (exact) mass is 127 g/mol.